The number of nitrogens with two attached hydrogens (primary N) is 1. The molecule has 0 aromatic carbocycles. The molecule has 2 fully saturated rings. The van der Waals surface area contributed by atoms with Gasteiger partial charge in [-0.05, 0) is 50.9 Å². The largest absolute Gasteiger partial charge is 0.391 e. The van der Waals surface area contributed by atoms with E-state index in [-0.39, 0.29) is 6.03 Å². The minimum Gasteiger partial charge on any atom is -0.391 e. The van der Waals surface area contributed by atoms with Crippen LogP contribution in [0.4, 0.5) is 4.79 Å². The Labute approximate surface area is 120 Å². The highest BCUT2D eigenvalue weighted by Crippen LogP contribution is 2.34. The van der Waals surface area contributed by atoms with E-state index >= 15 is 0 Å². The first-order valence-electron chi connectivity index (χ1n) is 7.44. The number of carbonyl (C=O) groups is 1. The van der Waals surface area contributed by atoms with Crippen LogP contribution in [0.5, 0.6) is 0 Å². The number of nitrogens with one attached hydrogen (secondary N) is 2. The molecule has 0 aromatic heterocycles. The third-order valence-corrected chi connectivity index (χ3v) is 5.19. The van der Waals surface area contributed by atoms with Crippen LogP contribution in [0.2, 0.25) is 0 Å². The molecule has 2 aliphatic rings. The average Bonchev–Trinajstić information content (AvgIpc) is 2.34. The molecule has 0 saturated heterocycles. The molecule has 0 radical (unpaired) electrons. The van der Waals surface area contributed by atoms with Crippen LogP contribution in [-0.2, 0) is 0 Å². The van der Waals surface area contributed by atoms with Crippen molar-refractivity contribution < 1.29 is 4.79 Å². The molecule has 108 valence electrons. The highest BCUT2D eigenvalue weighted by atomic mass is 32.1. The maximum Gasteiger partial charge on any atom is 0.315 e. The van der Waals surface area contributed by atoms with Crippen LogP contribution >= 0.6 is 12.2 Å². The van der Waals surface area contributed by atoms with Crippen LogP contribution in [0.15, 0.2) is 0 Å². The lowest BCUT2D eigenvalue weighted by atomic mass is 9.75. The molecular formula is C14H25N3OS. The zero-order chi connectivity index (χ0) is 13.9. The fourth-order valence-electron chi connectivity index (χ4n) is 3.00. The SMILES string of the molecule is CCC1CCC(NC(=O)NC2CCC2)(C(N)=S)CC1. The summed E-state index contributed by atoms with van der Waals surface area (Å²) < 4.78 is 0. The van der Waals surface area contributed by atoms with E-state index in [1.807, 2.05) is 0 Å². The zero-order valence-corrected chi connectivity index (χ0v) is 12.5. The van der Waals surface area contributed by atoms with Gasteiger partial charge in [0.15, 0.2) is 0 Å². The van der Waals surface area contributed by atoms with Gasteiger partial charge in [0.25, 0.3) is 0 Å². The van der Waals surface area contributed by atoms with Gasteiger partial charge in [-0.3, -0.25) is 0 Å². The molecule has 0 aliphatic heterocycles. The molecule has 4 nitrogen and oxygen atoms in total. The van der Waals surface area contributed by atoms with E-state index in [4.69, 9.17) is 18.0 Å². The van der Waals surface area contributed by atoms with Gasteiger partial charge in [-0.25, -0.2) is 4.79 Å². The number of hydrogen-bond donors (Lipinski definition) is 3. The van der Waals surface area contributed by atoms with E-state index in [1.165, 1.54) is 12.8 Å². The van der Waals surface area contributed by atoms with Gasteiger partial charge in [0, 0.05) is 6.04 Å². The van der Waals surface area contributed by atoms with Gasteiger partial charge in [-0.15, -0.1) is 0 Å². The first-order chi connectivity index (χ1) is 9.05. The monoisotopic (exact) mass is 283 g/mol. The summed E-state index contributed by atoms with van der Waals surface area (Å²) in [6.07, 6.45) is 8.52. The lowest BCUT2D eigenvalue weighted by Gasteiger charge is -2.40. The average molecular weight is 283 g/mol. The third-order valence-electron chi connectivity index (χ3n) is 4.80. The molecule has 0 unspecified atom stereocenters. The zero-order valence-electron chi connectivity index (χ0n) is 11.7. The smallest absolute Gasteiger partial charge is 0.315 e. The molecule has 0 aromatic rings. The summed E-state index contributed by atoms with van der Waals surface area (Å²) in [5.74, 6) is 0.749. The van der Waals surface area contributed by atoms with Crippen molar-refractivity contribution in [3.8, 4) is 0 Å². The van der Waals surface area contributed by atoms with E-state index in [0.29, 0.717) is 11.0 Å². The van der Waals surface area contributed by atoms with Crippen molar-refractivity contribution in [2.45, 2.75) is 69.9 Å². The number of thiocarbonyl (C=S) groups is 1. The fourth-order valence-corrected chi connectivity index (χ4v) is 3.26. The van der Waals surface area contributed by atoms with Crippen molar-refractivity contribution in [3.05, 3.63) is 0 Å². The van der Waals surface area contributed by atoms with Gasteiger partial charge in [-0.2, -0.15) is 0 Å². The highest BCUT2D eigenvalue weighted by Gasteiger charge is 2.39. The molecule has 0 atom stereocenters. The quantitative estimate of drug-likeness (QED) is 0.694. The van der Waals surface area contributed by atoms with Crippen molar-refractivity contribution >= 4 is 23.2 Å². The van der Waals surface area contributed by atoms with Crippen molar-refractivity contribution in [3.63, 3.8) is 0 Å². The second kappa shape index (κ2) is 6.07. The maximum atomic E-state index is 12.0. The lowest BCUT2D eigenvalue weighted by molar-refractivity contribution is 0.203. The van der Waals surface area contributed by atoms with Crippen LogP contribution in [0.25, 0.3) is 0 Å². The Balaban J connectivity index is 1.91. The normalized spacial score (nSPS) is 31.3. The summed E-state index contributed by atoms with van der Waals surface area (Å²) in [7, 11) is 0. The fraction of sp³-hybridized carbons (Fsp3) is 0.857. The molecule has 2 amide bonds. The molecule has 2 rings (SSSR count). The number of urea groups is 1. The summed E-state index contributed by atoms with van der Waals surface area (Å²) in [5.41, 5.74) is 5.44. The molecule has 19 heavy (non-hydrogen) atoms. The van der Waals surface area contributed by atoms with Crippen molar-refractivity contribution in [1.82, 2.24) is 10.6 Å². The topological polar surface area (TPSA) is 67.2 Å². The van der Waals surface area contributed by atoms with Crippen LogP contribution < -0.4 is 16.4 Å². The van der Waals surface area contributed by atoms with Gasteiger partial charge < -0.3 is 16.4 Å². The minimum absolute atomic E-state index is 0.104. The first kappa shape index (κ1) is 14.6. The van der Waals surface area contributed by atoms with Crippen LogP contribution in [0.1, 0.15) is 58.3 Å². The van der Waals surface area contributed by atoms with Crippen molar-refractivity contribution in [2.75, 3.05) is 0 Å². The number of rotatable bonds is 4. The molecule has 0 heterocycles. The second-order valence-electron chi connectivity index (χ2n) is 6.02. The summed E-state index contributed by atoms with van der Waals surface area (Å²) >= 11 is 5.21. The Bertz CT molecular complexity index is 347. The Kier molecular flexibility index (Phi) is 4.66. The Morgan fingerprint density at radius 3 is 2.37 bits per heavy atom. The van der Waals surface area contributed by atoms with Crippen LogP contribution in [0, 0.1) is 5.92 Å². The van der Waals surface area contributed by atoms with Gasteiger partial charge in [-0.1, -0.05) is 25.6 Å². The van der Waals surface area contributed by atoms with Crippen molar-refractivity contribution in [1.29, 1.82) is 0 Å². The standard InChI is InChI=1S/C14H25N3OS/c1-2-10-6-8-14(9-7-10,12(15)19)17-13(18)16-11-4-3-5-11/h10-11H,2-9H2,1H3,(H2,15,19)(H2,16,17,18). The summed E-state index contributed by atoms with van der Waals surface area (Å²) in [5, 5.41) is 6.06. The summed E-state index contributed by atoms with van der Waals surface area (Å²) in [6.45, 7) is 2.22. The molecule has 0 bridgehead atoms. The molecule has 0 spiro atoms. The second-order valence-corrected chi connectivity index (χ2v) is 6.46. The van der Waals surface area contributed by atoms with Gasteiger partial charge in [0.05, 0.1) is 10.5 Å². The highest BCUT2D eigenvalue weighted by molar-refractivity contribution is 7.80. The van der Waals surface area contributed by atoms with E-state index < -0.39 is 5.54 Å². The molecule has 2 saturated carbocycles. The third kappa shape index (κ3) is 3.38. The van der Waals surface area contributed by atoms with E-state index in [1.54, 1.807) is 0 Å². The van der Waals surface area contributed by atoms with Gasteiger partial charge in [0.2, 0.25) is 0 Å². The Morgan fingerprint density at radius 2 is 1.95 bits per heavy atom. The summed E-state index contributed by atoms with van der Waals surface area (Å²) in [4.78, 5) is 12.5. The lowest BCUT2D eigenvalue weighted by Crippen LogP contribution is -2.61. The Morgan fingerprint density at radius 1 is 1.32 bits per heavy atom. The van der Waals surface area contributed by atoms with Crippen molar-refractivity contribution in [2.24, 2.45) is 11.7 Å². The molecule has 5 heteroatoms. The number of amides is 2. The molecular weight excluding hydrogens is 258 g/mol. The number of hydrogen-bond acceptors (Lipinski definition) is 2. The predicted molar refractivity (Wildman–Crippen MR) is 81.1 cm³/mol. The molecule has 4 N–H and O–H groups in total. The Hall–Kier alpha value is -0.840. The predicted octanol–water partition coefficient (Wildman–Crippen LogP) is 2.46. The molecule has 2 aliphatic carbocycles. The van der Waals surface area contributed by atoms with E-state index in [2.05, 4.69) is 17.6 Å². The van der Waals surface area contributed by atoms with E-state index in [0.717, 1.165) is 44.4 Å². The van der Waals surface area contributed by atoms with E-state index in [9.17, 15) is 4.79 Å². The van der Waals surface area contributed by atoms with Crippen LogP contribution in [-0.4, -0.2) is 22.6 Å². The first-order valence-corrected chi connectivity index (χ1v) is 7.85. The van der Waals surface area contributed by atoms with Gasteiger partial charge >= 0.3 is 6.03 Å². The summed E-state index contributed by atoms with van der Waals surface area (Å²) in [6, 6.07) is 0.239. The van der Waals surface area contributed by atoms with Crippen LogP contribution in [0.3, 0.4) is 0 Å². The number of carbonyl (C=O) groups excluding carboxylic acids is 1. The van der Waals surface area contributed by atoms with Gasteiger partial charge in [0.1, 0.15) is 0 Å². The maximum absolute atomic E-state index is 12.0. The minimum atomic E-state index is -0.463.